The maximum absolute atomic E-state index is 12.5. The zero-order valence-corrected chi connectivity index (χ0v) is 15.9. The minimum Gasteiger partial charge on any atom is -0.364 e. The third-order valence-corrected chi connectivity index (χ3v) is 6.54. The fourth-order valence-electron chi connectivity index (χ4n) is 5.20. The molecule has 3 aliphatic rings. The molecule has 3 aliphatic heterocycles. The molecule has 0 bridgehead atoms. The van der Waals surface area contributed by atoms with Gasteiger partial charge in [0.05, 0.1) is 17.0 Å². The Balaban J connectivity index is 1.62. The van der Waals surface area contributed by atoms with E-state index in [0.717, 1.165) is 37.9 Å². The van der Waals surface area contributed by atoms with E-state index in [0.29, 0.717) is 12.0 Å². The molecule has 0 N–H and O–H groups in total. The molecule has 0 spiro atoms. The van der Waals surface area contributed by atoms with E-state index in [9.17, 15) is 14.9 Å². The number of carbonyl (C=O) groups is 1. The smallest absolute Gasteiger partial charge is 0.272 e. The standard InChI is InChI=1S/C22H23N3O3/c1-14-7-8-16(12-18(14)25(27)28)19-13-20(23-10-3-6-21(23)26)17-5-2-4-15-9-11-24(19)22(15)17/h2,4-5,7-8,12,19-20H,3,6,9-11,13H2,1H3. The van der Waals surface area contributed by atoms with E-state index in [-0.39, 0.29) is 28.6 Å². The second-order valence-corrected chi connectivity index (χ2v) is 8.06. The third kappa shape index (κ3) is 2.51. The molecule has 2 aromatic carbocycles. The van der Waals surface area contributed by atoms with E-state index in [1.807, 2.05) is 17.0 Å². The monoisotopic (exact) mass is 377 g/mol. The molecule has 6 nitrogen and oxygen atoms in total. The van der Waals surface area contributed by atoms with E-state index in [1.165, 1.54) is 16.8 Å². The molecule has 5 rings (SSSR count). The van der Waals surface area contributed by atoms with Crippen molar-refractivity contribution >= 4 is 17.3 Å². The van der Waals surface area contributed by atoms with Gasteiger partial charge in [0.25, 0.3) is 5.69 Å². The maximum atomic E-state index is 12.5. The summed E-state index contributed by atoms with van der Waals surface area (Å²) >= 11 is 0. The van der Waals surface area contributed by atoms with Crippen LogP contribution in [0.2, 0.25) is 0 Å². The fraction of sp³-hybridized carbons (Fsp3) is 0.409. The van der Waals surface area contributed by atoms with E-state index in [4.69, 9.17) is 0 Å². The Bertz CT molecular complexity index is 987. The molecule has 2 aromatic rings. The van der Waals surface area contributed by atoms with E-state index in [1.54, 1.807) is 13.0 Å². The average Bonchev–Trinajstić information content (AvgIpc) is 3.30. The molecule has 0 radical (unpaired) electrons. The number of hydrogen-bond acceptors (Lipinski definition) is 4. The zero-order chi connectivity index (χ0) is 19.4. The van der Waals surface area contributed by atoms with Crippen molar-refractivity contribution < 1.29 is 9.72 Å². The van der Waals surface area contributed by atoms with Gasteiger partial charge >= 0.3 is 0 Å². The molecule has 0 aromatic heterocycles. The van der Waals surface area contributed by atoms with Crippen LogP contribution in [-0.4, -0.2) is 28.8 Å². The molecule has 0 saturated carbocycles. The van der Waals surface area contributed by atoms with Gasteiger partial charge in [-0.1, -0.05) is 30.3 Å². The topological polar surface area (TPSA) is 66.7 Å². The summed E-state index contributed by atoms with van der Waals surface area (Å²) in [6.45, 7) is 3.49. The number of nitro benzene ring substituents is 1. The summed E-state index contributed by atoms with van der Waals surface area (Å²) < 4.78 is 0. The van der Waals surface area contributed by atoms with Crippen molar-refractivity contribution in [3.8, 4) is 0 Å². The Morgan fingerprint density at radius 2 is 1.93 bits per heavy atom. The summed E-state index contributed by atoms with van der Waals surface area (Å²) in [5.74, 6) is 0.225. The fourth-order valence-corrected chi connectivity index (χ4v) is 5.20. The second-order valence-electron chi connectivity index (χ2n) is 8.06. The number of amides is 1. The first-order valence-corrected chi connectivity index (χ1v) is 9.97. The summed E-state index contributed by atoms with van der Waals surface area (Å²) in [6, 6.07) is 12.1. The SMILES string of the molecule is Cc1ccc(C2CC(N3CCCC3=O)c3cccc4c3N2CC4)cc1[N+](=O)[O-]. The van der Waals surface area contributed by atoms with Crippen LogP contribution in [0.25, 0.3) is 0 Å². The molecule has 0 aliphatic carbocycles. The van der Waals surface area contributed by atoms with Crippen molar-refractivity contribution in [2.75, 3.05) is 18.0 Å². The Morgan fingerprint density at radius 3 is 2.68 bits per heavy atom. The highest BCUT2D eigenvalue weighted by atomic mass is 16.6. The van der Waals surface area contributed by atoms with Gasteiger partial charge in [-0.3, -0.25) is 14.9 Å². The van der Waals surface area contributed by atoms with Crippen LogP contribution in [0.5, 0.6) is 0 Å². The van der Waals surface area contributed by atoms with Crippen molar-refractivity contribution in [2.45, 2.75) is 44.7 Å². The quantitative estimate of drug-likeness (QED) is 0.597. The Morgan fingerprint density at radius 1 is 1.07 bits per heavy atom. The van der Waals surface area contributed by atoms with Crippen LogP contribution in [0, 0.1) is 17.0 Å². The minimum atomic E-state index is -0.299. The lowest BCUT2D eigenvalue weighted by Gasteiger charge is -2.43. The van der Waals surface area contributed by atoms with Gasteiger partial charge in [0.15, 0.2) is 0 Å². The lowest BCUT2D eigenvalue weighted by molar-refractivity contribution is -0.385. The van der Waals surface area contributed by atoms with Gasteiger partial charge in [-0.2, -0.15) is 0 Å². The first-order valence-electron chi connectivity index (χ1n) is 9.97. The number of benzene rings is 2. The van der Waals surface area contributed by atoms with Crippen molar-refractivity contribution in [3.05, 3.63) is 68.8 Å². The van der Waals surface area contributed by atoms with Crippen LogP contribution in [-0.2, 0) is 11.2 Å². The molecular formula is C22H23N3O3. The number of carbonyl (C=O) groups excluding carboxylic acids is 1. The van der Waals surface area contributed by atoms with E-state index in [2.05, 4.69) is 23.1 Å². The number of aryl methyl sites for hydroxylation is 1. The van der Waals surface area contributed by atoms with Gasteiger partial charge in [-0.15, -0.1) is 0 Å². The second kappa shape index (κ2) is 6.33. The summed E-state index contributed by atoms with van der Waals surface area (Å²) in [5, 5.41) is 11.5. The number of hydrogen-bond donors (Lipinski definition) is 0. The number of rotatable bonds is 3. The van der Waals surface area contributed by atoms with Crippen molar-refractivity contribution in [3.63, 3.8) is 0 Å². The number of para-hydroxylation sites is 1. The van der Waals surface area contributed by atoms with Gasteiger partial charge in [-0.05, 0) is 42.9 Å². The lowest BCUT2D eigenvalue weighted by Crippen LogP contribution is -2.39. The first-order chi connectivity index (χ1) is 13.5. The maximum Gasteiger partial charge on any atom is 0.272 e. The molecule has 28 heavy (non-hydrogen) atoms. The third-order valence-electron chi connectivity index (χ3n) is 6.54. The van der Waals surface area contributed by atoms with Crippen LogP contribution in [0.3, 0.4) is 0 Å². The molecule has 144 valence electrons. The number of likely N-dealkylation sites (tertiary alicyclic amines) is 1. The van der Waals surface area contributed by atoms with Crippen molar-refractivity contribution in [1.29, 1.82) is 0 Å². The molecular weight excluding hydrogens is 354 g/mol. The van der Waals surface area contributed by atoms with E-state index >= 15 is 0 Å². The van der Waals surface area contributed by atoms with Crippen molar-refractivity contribution in [1.82, 2.24) is 4.90 Å². The molecule has 3 heterocycles. The number of nitro groups is 1. The lowest BCUT2D eigenvalue weighted by atomic mass is 9.86. The Labute approximate surface area is 163 Å². The molecule has 2 atom stereocenters. The van der Waals surface area contributed by atoms with Crippen LogP contribution in [0.1, 0.15) is 53.6 Å². The normalized spacial score (nSPS) is 23.2. The average molecular weight is 377 g/mol. The molecule has 1 fully saturated rings. The van der Waals surface area contributed by atoms with Crippen LogP contribution >= 0.6 is 0 Å². The summed E-state index contributed by atoms with van der Waals surface area (Å²) in [5.41, 5.74) is 5.62. The van der Waals surface area contributed by atoms with Crippen molar-refractivity contribution in [2.24, 2.45) is 0 Å². The summed E-state index contributed by atoms with van der Waals surface area (Å²) in [4.78, 5) is 28.1. The van der Waals surface area contributed by atoms with Gasteiger partial charge < -0.3 is 9.80 Å². The molecule has 1 amide bonds. The Hall–Kier alpha value is -2.89. The summed E-state index contributed by atoms with van der Waals surface area (Å²) in [7, 11) is 0. The van der Waals surface area contributed by atoms with Gasteiger partial charge in [0.1, 0.15) is 0 Å². The van der Waals surface area contributed by atoms with E-state index < -0.39 is 0 Å². The first kappa shape index (κ1) is 17.2. The van der Waals surface area contributed by atoms with Crippen LogP contribution in [0.4, 0.5) is 11.4 Å². The predicted molar refractivity (Wildman–Crippen MR) is 106 cm³/mol. The highest BCUT2D eigenvalue weighted by molar-refractivity contribution is 5.80. The van der Waals surface area contributed by atoms with Gasteiger partial charge in [0, 0.05) is 36.8 Å². The molecule has 2 unspecified atom stereocenters. The molecule has 6 heteroatoms. The Kier molecular flexibility index (Phi) is 3.89. The zero-order valence-electron chi connectivity index (χ0n) is 15.9. The van der Waals surface area contributed by atoms with Gasteiger partial charge in [-0.25, -0.2) is 0 Å². The predicted octanol–water partition coefficient (Wildman–Crippen LogP) is 4.07. The number of nitrogens with zero attached hydrogens (tertiary/aromatic N) is 3. The van der Waals surface area contributed by atoms with Crippen LogP contribution in [0.15, 0.2) is 36.4 Å². The molecule has 1 saturated heterocycles. The summed E-state index contributed by atoms with van der Waals surface area (Å²) in [6.07, 6.45) is 3.29. The largest absolute Gasteiger partial charge is 0.364 e. The minimum absolute atomic E-state index is 0.0460. The highest BCUT2D eigenvalue weighted by Crippen LogP contribution is 2.51. The van der Waals surface area contributed by atoms with Gasteiger partial charge in [0.2, 0.25) is 5.91 Å². The van der Waals surface area contributed by atoms with Crippen LogP contribution < -0.4 is 4.90 Å². The highest BCUT2D eigenvalue weighted by Gasteiger charge is 2.42. The number of anilines is 1.